The Kier molecular flexibility index (Phi) is 4.66. The van der Waals surface area contributed by atoms with Crippen molar-refractivity contribution in [1.82, 2.24) is 4.98 Å². The number of anilines is 1. The van der Waals surface area contributed by atoms with Gasteiger partial charge in [-0.1, -0.05) is 6.07 Å². The van der Waals surface area contributed by atoms with Crippen molar-refractivity contribution in [2.75, 3.05) is 5.32 Å². The summed E-state index contributed by atoms with van der Waals surface area (Å²) in [4.78, 5) is 28.6. The molecule has 1 amide bonds. The third-order valence-electron chi connectivity index (χ3n) is 6.42. The summed E-state index contributed by atoms with van der Waals surface area (Å²) in [7, 11) is 0. The van der Waals surface area contributed by atoms with Crippen LogP contribution in [0.15, 0.2) is 50.2 Å². The highest BCUT2D eigenvalue weighted by Crippen LogP contribution is 2.34. The van der Waals surface area contributed by atoms with Crippen LogP contribution >= 0.6 is 0 Å². The van der Waals surface area contributed by atoms with Gasteiger partial charge in [0.25, 0.3) is 0 Å². The van der Waals surface area contributed by atoms with Gasteiger partial charge in [-0.3, -0.25) is 4.79 Å². The minimum Gasteiger partial charge on any atom is -0.461 e. The zero-order chi connectivity index (χ0) is 22.6. The average molecular weight is 428 g/mol. The Morgan fingerprint density at radius 2 is 1.69 bits per heavy atom. The van der Waals surface area contributed by atoms with Crippen molar-refractivity contribution in [1.29, 1.82) is 0 Å². The van der Waals surface area contributed by atoms with E-state index in [2.05, 4.69) is 10.3 Å². The fourth-order valence-electron chi connectivity index (χ4n) is 4.43. The Balaban J connectivity index is 1.47. The number of hydrogen-bond donors (Lipinski definition) is 2. The normalized spacial score (nSPS) is 11.6. The molecule has 32 heavy (non-hydrogen) atoms. The summed E-state index contributed by atoms with van der Waals surface area (Å²) in [6.45, 7) is 7.78. The van der Waals surface area contributed by atoms with Gasteiger partial charge in [0.2, 0.25) is 5.91 Å². The van der Waals surface area contributed by atoms with Gasteiger partial charge in [-0.15, -0.1) is 0 Å². The van der Waals surface area contributed by atoms with Gasteiger partial charge in [0.1, 0.15) is 16.9 Å². The van der Waals surface area contributed by atoms with E-state index in [1.54, 1.807) is 0 Å². The molecule has 5 aromatic rings. The van der Waals surface area contributed by atoms with Crippen LogP contribution in [0.1, 0.15) is 34.4 Å². The van der Waals surface area contributed by atoms with Crippen LogP contribution in [-0.2, 0) is 11.2 Å². The van der Waals surface area contributed by atoms with E-state index in [1.165, 1.54) is 0 Å². The standard InChI is InChI=1S/C26H24N2O4/c1-13-16(4)31-24-15(3)25-20(12-19(13)24)14(2)17(26(30)32-25)8-9-23(29)28-22-7-5-6-21-18(22)10-11-27-21/h5-7,10-12,27H,8-9H2,1-4H3,(H,28,29). The highest BCUT2D eigenvalue weighted by molar-refractivity contribution is 6.02. The average Bonchev–Trinajstić information content (AvgIpc) is 3.35. The molecule has 0 aliphatic rings. The van der Waals surface area contributed by atoms with Crippen LogP contribution in [-0.4, -0.2) is 10.9 Å². The van der Waals surface area contributed by atoms with Crippen molar-refractivity contribution in [3.63, 3.8) is 0 Å². The van der Waals surface area contributed by atoms with E-state index in [4.69, 9.17) is 8.83 Å². The van der Waals surface area contributed by atoms with Gasteiger partial charge in [-0.05, 0) is 69.5 Å². The summed E-state index contributed by atoms with van der Waals surface area (Å²) < 4.78 is 11.6. The Morgan fingerprint density at radius 3 is 2.50 bits per heavy atom. The number of amides is 1. The number of furan rings is 1. The lowest BCUT2D eigenvalue weighted by molar-refractivity contribution is -0.116. The first kappa shape index (κ1) is 20.1. The Bertz CT molecular complexity index is 1580. The number of aromatic nitrogens is 1. The summed E-state index contributed by atoms with van der Waals surface area (Å²) in [6.07, 6.45) is 2.33. The number of aryl methyl sites for hydroxylation is 4. The van der Waals surface area contributed by atoms with Crippen LogP contribution in [0.4, 0.5) is 5.69 Å². The topological polar surface area (TPSA) is 88.2 Å². The predicted octanol–water partition coefficient (Wildman–Crippen LogP) is 5.83. The predicted molar refractivity (Wildman–Crippen MR) is 126 cm³/mol. The molecule has 162 valence electrons. The lowest BCUT2D eigenvalue weighted by Gasteiger charge is -2.10. The van der Waals surface area contributed by atoms with Crippen molar-refractivity contribution >= 4 is 44.4 Å². The number of nitrogens with one attached hydrogen (secondary N) is 2. The zero-order valence-electron chi connectivity index (χ0n) is 18.5. The van der Waals surface area contributed by atoms with Gasteiger partial charge in [0.05, 0.1) is 5.69 Å². The number of carbonyl (C=O) groups is 1. The summed E-state index contributed by atoms with van der Waals surface area (Å²) in [6, 6.07) is 9.66. The van der Waals surface area contributed by atoms with Crippen LogP contribution in [0.2, 0.25) is 0 Å². The zero-order valence-corrected chi connectivity index (χ0v) is 18.5. The Labute approximate surface area is 184 Å². The molecule has 0 aliphatic heterocycles. The number of aromatic amines is 1. The van der Waals surface area contributed by atoms with Crippen LogP contribution < -0.4 is 10.9 Å². The number of hydrogen-bond acceptors (Lipinski definition) is 4. The molecule has 0 atom stereocenters. The van der Waals surface area contributed by atoms with E-state index < -0.39 is 5.63 Å². The molecule has 0 saturated carbocycles. The maximum Gasteiger partial charge on any atom is 0.339 e. The van der Waals surface area contributed by atoms with Crippen LogP contribution in [0.3, 0.4) is 0 Å². The first-order valence-electron chi connectivity index (χ1n) is 10.7. The molecule has 0 spiro atoms. The van der Waals surface area contributed by atoms with Gasteiger partial charge >= 0.3 is 5.63 Å². The SMILES string of the molecule is Cc1oc2c(C)c3oc(=O)c(CCC(=O)Nc4cccc5[nH]ccc45)c(C)c3cc2c1C. The molecule has 0 saturated heterocycles. The molecule has 0 radical (unpaired) electrons. The van der Waals surface area contributed by atoms with Gasteiger partial charge in [-0.2, -0.15) is 0 Å². The summed E-state index contributed by atoms with van der Waals surface area (Å²) in [5.41, 5.74) is 5.87. The fraction of sp³-hybridized carbons (Fsp3) is 0.231. The van der Waals surface area contributed by atoms with Gasteiger partial charge in [-0.25, -0.2) is 4.79 Å². The maximum atomic E-state index is 12.8. The Hall–Kier alpha value is -3.80. The van der Waals surface area contributed by atoms with E-state index in [0.717, 1.165) is 55.4 Å². The smallest absolute Gasteiger partial charge is 0.339 e. The molecule has 3 aromatic heterocycles. The monoisotopic (exact) mass is 428 g/mol. The molecule has 2 N–H and O–H groups in total. The molecule has 2 aromatic carbocycles. The van der Waals surface area contributed by atoms with E-state index in [1.807, 2.05) is 64.2 Å². The maximum absolute atomic E-state index is 12.8. The van der Waals surface area contributed by atoms with E-state index in [9.17, 15) is 9.59 Å². The number of fused-ring (bicyclic) bond motifs is 3. The lowest BCUT2D eigenvalue weighted by atomic mass is 9.98. The molecule has 0 fully saturated rings. The highest BCUT2D eigenvalue weighted by Gasteiger charge is 2.19. The van der Waals surface area contributed by atoms with E-state index in [0.29, 0.717) is 17.6 Å². The summed E-state index contributed by atoms with van der Waals surface area (Å²) in [5, 5.41) is 5.81. The van der Waals surface area contributed by atoms with Gasteiger partial charge < -0.3 is 19.1 Å². The second-order valence-electron chi connectivity index (χ2n) is 8.32. The van der Waals surface area contributed by atoms with Crippen molar-refractivity contribution in [2.45, 2.75) is 40.5 Å². The van der Waals surface area contributed by atoms with Crippen LogP contribution in [0, 0.1) is 27.7 Å². The molecule has 5 rings (SSSR count). The number of H-pyrrole nitrogens is 1. The molecule has 0 bridgehead atoms. The lowest BCUT2D eigenvalue weighted by Crippen LogP contribution is -2.17. The second kappa shape index (κ2) is 7.41. The quantitative estimate of drug-likeness (QED) is 0.353. The molecular weight excluding hydrogens is 404 g/mol. The highest BCUT2D eigenvalue weighted by atomic mass is 16.4. The van der Waals surface area contributed by atoms with E-state index >= 15 is 0 Å². The van der Waals surface area contributed by atoms with Crippen LogP contribution in [0.5, 0.6) is 0 Å². The third-order valence-corrected chi connectivity index (χ3v) is 6.42. The van der Waals surface area contributed by atoms with Gasteiger partial charge in [0.15, 0.2) is 0 Å². The number of carbonyl (C=O) groups excluding carboxylic acids is 1. The summed E-state index contributed by atoms with van der Waals surface area (Å²) in [5.74, 6) is 0.707. The summed E-state index contributed by atoms with van der Waals surface area (Å²) >= 11 is 0. The molecule has 0 unspecified atom stereocenters. The molecule has 3 heterocycles. The second-order valence-corrected chi connectivity index (χ2v) is 8.32. The molecule has 6 heteroatoms. The van der Waals surface area contributed by atoms with E-state index in [-0.39, 0.29) is 12.3 Å². The minimum atomic E-state index is -0.405. The van der Waals surface area contributed by atoms with Crippen molar-refractivity contribution in [2.24, 2.45) is 0 Å². The number of rotatable bonds is 4. The van der Waals surface area contributed by atoms with Crippen LogP contribution in [0.25, 0.3) is 32.8 Å². The molecular formula is C26H24N2O4. The minimum absolute atomic E-state index is 0.148. The largest absolute Gasteiger partial charge is 0.461 e. The van der Waals surface area contributed by atoms with Crippen molar-refractivity contribution in [3.05, 3.63) is 75.0 Å². The van der Waals surface area contributed by atoms with Gasteiger partial charge in [0, 0.05) is 45.4 Å². The first-order valence-corrected chi connectivity index (χ1v) is 10.7. The van der Waals surface area contributed by atoms with Crippen molar-refractivity contribution in [3.8, 4) is 0 Å². The number of benzene rings is 2. The molecule has 0 aliphatic carbocycles. The van der Waals surface area contributed by atoms with Crippen molar-refractivity contribution < 1.29 is 13.6 Å². The Morgan fingerprint density at radius 1 is 0.938 bits per heavy atom. The third kappa shape index (κ3) is 3.11. The molecule has 6 nitrogen and oxygen atoms in total. The first-order chi connectivity index (χ1) is 15.3. The fourth-order valence-corrected chi connectivity index (χ4v) is 4.43.